The third kappa shape index (κ3) is 7.75. The number of rotatable bonds is 8. The van der Waals surface area contributed by atoms with Gasteiger partial charge in [-0.3, -0.25) is 9.59 Å². The predicted molar refractivity (Wildman–Crippen MR) is 152 cm³/mol. The molecule has 0 aliphatic carbocycles. The molecule has 2 aromatic rings. The zero-order valence-electron chi connectivity index (χ0n) is 23.4. The fourth-order valence-corrected chi connectivity index (χ4v) is 4.13. The van der Waals surface area contributed by atoms with Crippen LogP contribution in [0, 0.1) is 19.3 Å². The lowest BCUT2D eigenvalue weighted by atomic mass is 9.91. The maximum absolute atomic E-state index is 14.0. The van der Waals surface area contributed by atoms with Crippen LogP contribution in [0.1, 0.15) is 77.6 Å². The van der Waals surface area contributed by atoms with Crippen LogP contribution in [0.25, 0.3) is 0 Å². The summed E-state index contributed by atoms with van der Waals surface area (Å²) in [6.45, 7) is 14.3. The summed E-state index contributed by atoms with van der Waals surface area (Å²) in [5, 5.41) is 5.93. The van der Waals surface area contributed by atoms with Crippen LogP contribution >= 0.6 is 11.6 Å². The molecule has 0 saturated carbocycles. The van der Waals surface area contributed by atoms with E-state index in [1.165, 1.54) is 4.90 Å². The van der Waals surface area contributed by atoms with Crippen molar-refractivity contribution in [2.45, 2.75) is 85.0 Å². The zero-order chi connectivity index (χ0) is 28.8. The normalized spacial score (nSPS) is 13.1. The van der Waals surface area contributed by atoms with Crippen molar-refractivity contribution in [3.8, 4) is 12.3 Å². The number of para-hydroxylation sites is 1. The fourth-order valence-electron chi connectivity index (χ4n) is 3.86. The van der Waals surface area contributed by atoms with Crippen molar-refractivity contribution in [2.75, 3.05) is 5.32 Å². The number of hydrogen-bond donors (Lipinski definition) is 2. The van der Waals surface area contributed by atoms with Gasteiger partial charge in [0.25, 0.3) is 5.91 Å². The fraction of sp³-hybridized carbons (Fsp3) is 0.433. The molecule has 0 aliphatic rings. The van der Waals surface area contributed by atoms with Crippen LogP contribution in [0.3, 0.4) is 0 Å². The number of carbonyl (C=O) groups excluding carboxylic acids is 3. The summed E-state index contributed by atoms with van der Waals surface area (Å²) in [7, 11) is 0. The number of amides is 3. The molecule has 3 amide bonds. The van der Waals surface area contributed by atoms with Crippen molar-refractivity contribution in [1.82, 2.24) is 10.2 Å². The molecule has 0 radical (unpaired) electrons. The Morgan fingerprint density at radius 3 is 2.18 bits per heavy atom. The lowest BCUT2D eigenvalue weighted by Crippen LogP contribution is -2.58. The monoisotopic (exact) mass is 539 g/mol. The number of alkyl carbamates (subject to hydrolysis) is 1. The van der Waals surface area contributed by atoms with Gasteiger partial charge in [0.1, 0.15) is 17.7 Å². The highest BCUT2D eigenvalue weighted by Gasteiger charge is 2.42. The predicted octanol–water partition coefficient (Wildman–Crippen LogP) is 6.24. The average molecular weight is 540 g/mol. The molecular weight excluding hydrogens is 502 g/mol. The van der Waals surface area contributed by atoms with Crippen LogP contribution in [0.2, 0.25) is 5.02 Å². The molecule has 7 nitrogen and oxygen atoms in total. The van der Waals surface area contributed by atoms with Crippen molar-refractivity contribution in [1.29, 1.82) is 0 Å². The topological polar surface area (TPSA) is 87.7 Å². The Morgan fingerprint density at radius 1 is 1.08 bits per heavy atom. The zero-order valence-corrected chi connectivity index (χ0v) is 24.2. The minimum atomic E-state index is -1.05. The first kappa shape index (κ1) is 30.7. The van der Waals surface area contributed by atoms with E-state index in [0.29, 0.717) is 28.3 Å². The highest BCUT2D eigenvalue weighted by molar-refractivity contribution is 6.34. The minimum absolute atomic E-state index is 0.382. The van der Waals surface area contributed by atoms with Gasteiger partial charge in [-0.1, -0.05) is 48.7 Å². The van der Waals surface area contributed by atoms with Gasteiger partial charge < -0.3 is 20.3 Å². The maximum Gasteiger partial charge on any atom is 0.408 e. The first-order valence-corrected chi connectivity index (χ1v) is 12.9. The molecule has 0 spiro atoms. The second-order valence-electron chi connectivity index (χ2n) is 10.8. The Hall–Kier alpha value is -3.50. The van der Waals surface area contributed by atoms with Crippen molar-refractivity contribution in [3.05, 3.63) is 64.2 Å². The number of carbonyl (C=O) groups is 3. The van der Waals surface area contributed by atoms with Crippen LogP contribution in [0.15, 0.2) is 42.5 Å². The van der Waals surface area contributed by atoms with Crippen LogP contribution in [-0.2, 0) is 14.3 Å². The smallest absolute Gasteiger partial charge is 0.408 e. The molecule has 2 aromatic carbocycles. The second kappa shape index (κ2) is 12.4. The van der Waals surface area contributed by atoms with Gasteiger partial charge in [0, 0.05) is 11.1 Å². The van der Waals surface area contributed by atoms with Crippen LogP contribution in [-0.4, -0.2) is 40.0 Å². The Morgan fingerprint density at radius 2 is 1.68 bits per heavy atom. The average Bonchev–Trinajstić information content (AvgIpc) is 2.83. The molecule has 0 aromatic heterocycles. The van der Waals surface area contributed by atoms with Gasteiger partial charge in [-0.2, -0.15) is 0 Å². The molecule has 0 heterocycles. The van der Waals surface area contributed by atoms with Gasteiger partial charge in [0.05, 0.1) is 10.7 Å². The molecule has 8 heteroatoms. The molecule has 2 atom stereocenters. The molecule has 2 unspecified atom stereocenters. The largest absolute Gasteiger partial charge is 0.444 e. The quantitative estimate of drug-likeness (QED) is 0.389. The molecule has 0 saturated heterocycles. The Bertz CT molecular complexity index is 1190. The van der Waals surface area contributed by atoms with Crippen molar-refractivity contribution < 1.29 is 19.1 Å². The van der Waals surface area contributed by atoms with Gasteiger partial charge in [-0.25, -0.2) is 4.79 Å². The lowest BCUT2D eigenvalue weighted by Gasteiger charge is -2.44. The number of halogens is 1. The highest BCUT2D eigenvalue weighted by atomic mass is 35.5. The SMILES string of the molecule is C#Cc1ccc(C(C(=O)Nc2c(C)cccc2Cl)N(C(=O)C(C)NC(=O)OC(C)(C)C)C(C)(C)CC)cc1. The van der Waals surface area contributed by atoms with Crippen LogP contribution in [0.5, 0.6) is 0 Å². The maximum atomic E-state index is 14.0. The summed E-state index contributed by atoms with van der Waals surface area (Å²) in [5.74, 6) is 1.67. The highest BCUT2D eigenvalue weighted by Crippen LogP contribution is 2.34. The van der Waals surface area contributed by atoms with Crippen molar-refractivity contribution in [3.63, 3.8) is 0 Å². The van der Waals surface area contributed by atoms with Gasteiger partial charge in [-0.05, 0) is 84.2 Å². The number of ether oxygens (including phenoxy) is 1. The number of terminal acetylenes is 1. The number of nitrogens with zero attached hydrogens (tertiary/aromatic N) is 1. The van der Waals surface area contributed by atoms with E-state index in [1.807, 2.05) is 33.8 Å². The third-order valence-corrected chi connectivity index (χ3v) is 6.54. The Kier molecular flexibility index (Phi) is 9.99. The van der Waals surface area contributed by atoms with Gasteiger partial charge in [0.2, 0.25) is 5.91 Å². The number of nitrogens with one attached hydrogen (secondary N) is 2. The summed E-state index contributed by atoms with van der Waals surface area (Å²) in [6, 6.07) is 10.2. The molecule has 0 aliphatic heterocycles. The molecule has 2 N–H and O–H groups in total. The Labute approximate surface area is 231 Å². The number of aryl methyl sites for hydroxylation is 1. The van der Waals surface area contributed by atoms with Crippen LogP contribution < -0.4 is 10.6 Å². The molecule has 0 fully saturated rings. The van der Waals surface area contributed by atoms with E-state index < -0.39 is 41.1 Å². The third-order valence-electron chi connectivity index (χ3n) is 6.23. The Balaban J connectivity index is 2.60. The number of anilines is 1. The van der Waals surface area contributed by atoms with Crippen LogP contribution in [0.4, 0.5) is 10.5 Å². The first-order valence-electron chi connectivity index (χ1n) is 12.6. The first-order chi connectivity index (χ1) is 17.6. The minimum Gasteiger partial charge on any atom is -0.444 e. The summed E-state index contributed by atoms with van der Waals surface area (Å²) in [6.07, 6.45) is 5.35. The van der Waals surface area contributed by atoms with Gasteiger partial charge in [0.15, 0.2) is 0 Å². The lowest BCUT2D eigenvalue weighted by molar-refractivity contribution is -0.147. The summed E-state index contributed by atoms with van der Waals surface area (Å²) < 4.78 is 5.34. The van der Waals surface area contributed by atoms with Gasteiger partial charge >= 0.3 is 6.09 Å². The molecule has 0 bridgehead atoms. The van der Waals surface area contributed by atoms with Crippen molar-refractivity contribution in [2.24, 2.45) is 0 Å². The summed E-state index contributed by atoms with van der Waals surface area (Å²) in [4.78, 5) is 42.0. The van der Waals surface area contributed by atoms with E-state index >= 15 is 0 Å². The molecular formula is C30H38ClN3O4. The van der Waals surface area contributed by atoms with E-state index in [-0.39, 0.29) is 0 Å². The summed E-state index contributed by atoms with van der Waals surface area (Å²) in [5.41, 5.74) is 0.936. The number of hydrogen-bond acceptors (Lipinski definition) is 4. The van der Waals surface area contributed by atoms with Crippen molar-refractivity contribution >= 4 is 35.2 Å². The molecule has 2 rings (SSSR count). The number of benzene rings is 2. The summed E-state index contributed by atoms with van der Waals surface area (Å²) >= 11 is 6.40. The molecule has 38 heavy (non-hydrogen) atoms. The standard InChI is InChI=1S/C30H38ClN3O4/c1-10-21-15-17-22(18-16-21)25(26(35)33-24-19(3)13-12-14-23(24)31)34(30(8,9)11-2)27(36)20(4)32-28(37)38-29(5,6)7/h1,12-18,20,25H,11H2,2-9H3,(H,32,37)(H,33,35). The van der Waals surface area contributed by atoms with E-state index in [1.54, 1.807) is 64.1 Å². The second-order valence-corrected chi connectivity index (χ2v) is 11.2. The van der Waals surface area contributed by atoms with E-state index in [4.69, 9.17) is 22.8 Å². The van der Waals surface area contributed by atoms with Gasteiger partial charge in [-0.15, -0.1) is 6.42 Å². The van der Waals surface area contributed by atoms with E-state index in [9.17, 15) is 14.4 Å². The van der Waals surface area contributed by atoms with E-state index in [0.717, 1.165) is 5.56 Å². The molecule has 204 valence electrons. The van der Waals surface area contributed by atoms with E-state index in [2.05, 4.69) is 16.6 Å².